The van der Waals surface area contributed by atoms with E-state index in [-0.39, 0.29) is 17.2 Å². The number of carbonyl (C=O) groups excluding carboxylic acids is 1. The largest absolute Gasteiger partial charge is 0.491 e. The van der Waals surface area contributed by atoms with Crippen LogP contribution in [0.5, 0.6) is 5.75 Å². The van der Waals surface area contributed by atoms with Gasteiger partial charge in [0.2, 0.25) is 5.91 Å². The molecule has 0 bridgehead atoms. The molecule has 0 aromatic heterocycles. The molecule has 138 valence electrons. The number of benzene rings is 1. The van der Waals surface area contributed by atoms with Gasteiger partial charge in [-0.3, -0.25) is 4.79 Å². The third-order valence-corrected chi connectivity index (χ3v) is 5.47. The van der Waals surface area contributed by atoms with Crippen molar-refractivity contribution in [1.29, 1.82) is 0 Å². The molecule has 5 nitrogen and oxygen atoms in total. The number of piperidine rings is 1. The summed E-state index contributed by atoms with van der Waals surface area (Å²) in [6.07, 6.45) is 3.30. The van der Waals surface area contributed by atoms with Gasteiger partial charge in [0.25, 0.3) is 0 Å². The van der Waals surface area contributed by atoms with Gasteiger partial charge in [-0.05, 0) is 63.2 Å². The maximum Gasteiger partial charge on any atom is 0.223 e. The lowest BCUT2D eigenvalue weighted by atomic mass is 9.92. The summed E-state index contributed by atoms with van der Waals surface area (Å²) >= 11 is 0. The first-order chi connectivity index (χ1) is 12.1. The molecule has 1 aliphatic carbocycles. The second kappa shape index (κ2) is 8.19. The molecule has 1 heterocycles. The van der Waals surface area contributed by atoms with Crippen LogP contribution in [0.4, 0.5) is 0 Å². The van der Waals surface area contributed by atoms with Crippen molar-refractivity contribution in [1.82, 2.24) is 10.6 Å². The molecule has 2 N–H and O–H groups in total. The summed E-state index contributed by atoms with van der Waals surface area (Å²) in [4.78, 5) is 12.5. The lowest BCUT2D eigenvalue weighted by molar-refractivity contribution is -0.123. The second-order valence-electron chi connectivity index (χ2n) is 7.24. The minimum Gasteiger partial charge on any atom is -0.491 e. The lowest BCUT2D eigenvalue weighted by Gasteiger charge is -2.23. The van der Waals surface area contributed by atoms with E-state index in [4.69, 9.17) is 9.47 Å². The SMILES string of the molecule is CCOCCOc1cc(C)ccc1CNC(=O)C1CC12CCNCC2. The summed E-state index contributed by atoms with van der Waals surface area (Å²) in [6.45, 7) is 8.42. The van der Waals surface area contributed by atoms with Gasteiger partial charge in [0.15, 0.2) is 0 Å². The Labute approximate surface area is 150 Å². The molecule has 1 amide bonds. The van der Waals surface area contributed by atoms with E-state index in [1.807, 2.05) is 26.0 Å². The molecule has 1 aromatic carbocycles. The molecular weight excluding hydrogens is 316 g/mol. The highest BCUT2D eigenvalue weighted by Gasteiger charge is 2.57. The molecule has 1 saturated heterocycles. The van der Waals surface area contributed by atoms with Gasteiger partial charge >= 0.3 is 0 Å². The van der Waals surface area contributed by atoms with Crippen LogP contribution >= 0.6 is 0 Å². The Morgan fingerprint density at radius 2 is 2.12 bits per heavy atom. The van der Waals surface area contributed by atoms with Crippen LogP contribution in [0.15, 0.2) is 18.2 Å². The summed E-state index contributed by atoms with van der Waals surface area (Å²) in [6, 6.07) is 6.12. The van der Waals surface area contributed by atoms with Crippen LogP contribution < -0.4 is 15.4 Å². The van der Waals surface area contributed by atoms with Crippen molar-refractivity contribution in [2.45, 2.75) is 39.7 Å². The molecule has 1 atom stereocenters. The normalized spacial score (nSPS) is 21.1. The quantitative estimate of drug-likeness (QED) is 0.710. The summed E-state index contributed by atoms with van der Waals surface area (Å²) in [5, 5.41) is 6.50. The number of rotatable bonds is 8. The third-order valence-electron chi connectivity index (χ3n) is 5.47. The Morgan fingerprint density at radius 3 is 2.88 bits per heavy atom. The number of carbonyl (C=O) groups is 1. The van der Waals surface area contributed by atoms with Crippen LogP contribution in [0.3, 0.4) is 0 Å². The Kier molecular flexibility index (Phi) is 5.97. The zero-order valence-electron chi connectivity index (χ0n) is 15.4. The van der Waals surface area contributed by atoms with Crippen LogP contribution in [0.25, 0.3) is 0 Å². The van der Waals surface area contributed by atoms with Crippen molar-refractivity contribution < 1.29 is 14.3 Å². The van der Waals surface area contributed by atoms with Crippen molar-refractivity contribution in [3.63, 3.8) is 0 Å². The van der Waals surface area contributed by atoms with Gasteiger partial charge in [-0.1, -0.05) is 12.1 Å². The molecule has 3 rings (SSSR count). The Morgan fingerprint density at radius 1 is 1.32 bits per heavy atom. The zero-order valence-corrected chi connectivity index (χ0v) is 15.4. The lowest BCUT2D eigenvalue weighted by Crippen LogP contribution is -2.33. The minimum atomic E-state index is 0.197. The first-order valence-corrected chi connectivity index (χ1v) is 9.43. The smallest absolute Gasteiger partial charge is 0.223 e. The van der Waals surface area contributed by atoms with Gasteiger partial charge in [-0.2, -0.15) is 0 Å². The molecule has 25 heavy (non-hydrogen) atoms. The van der Waals surface area contributed by atoms with E-state index in [0.717, 1.165) is 49.2 Å². The van der Waals surface area contributed by atoms with E-state index in [1.54, 1.807) is 0 Å². The maximum atomic E-state index is 12.5. The van der Waals surface area contributed by atoms with Gasteiger partial charge < -0.3 is 20.1 Å². The van der Waals surface area contributed by atoms with Crippen LogP contribution in [0, 0.1) is 18.3 Å². The highest BCUT2D eigenvalue weighted by atomic mass is 16.5. The maximum absolute atomic E-state index is 12.5. The van der Waals surface area contributed by atoms with E-state index in [0.29, 0.717) is 26.4 Å². The molecule has 1 spiro atoms. The molecule has 0 radical (unpaired) electrons. The summed E-state index contributed by atoms with van der Waals surface area (Å²) in [7, 11) is 0. The highest BCUT2D eigenvalue weighted by Crippen LogP contribution is 2.58. The first-order valence-electron chi connectivity index (χ1n) is 9.43. The zero-order chi connectivity index (χ0) is 17.7. The van der Waals surface area contributed by atoms with E-state index < -0.39 is 0 Å². The molecular formula is C20H30N2O3. The van der Waals surface area contributed by atoms with E-state index in [1.165, 1.54) is 0 Å². The van der Waals surface area contributed by atoms with E-state index in [2.05, 4.69) is 16.7 Å². The van der Waals surface area contributed by atoms with Crippen molar-refractivity contribution in [3.05, 3.63) is 29.3 Å². The summed E-state index contributed by atoms with van der Waals surface area (Å²) in [5.74, 6) is 1.23. The number of aryl methyl sites for hydroxylation is 1. The monoisotopic (exact) mass is 346 g/mol. The molecule has 1 unspecified atom stereocenters. The van der Waals surface area contributed by atoms with Crippen LogP contribution in [-0.4, -0.2) is 38.8 Å². The summed E-state index contributed by atoms with van der Waals surface area (Å²) in [5.41, 5.74) is 2.45. The molecule has 1 saturated carbocycles. The third kappa shape index (κ3) is 4.53. The number of hydrogen-bond acceptors (Lipinski definition) is 4. The predicted octanol–water partition coefficient (Wildman–Crippen LogP) is 2.42. The standard InChI is InChI=1S/C20H30N2O3/c1-3-24-10-11-25-18-12-15(2)4-5-16(18)14-22-19(23)17-13-20(17)6-8-21-9-7-20/h4-5,12,17,21H,3,6-11,13-14H2,1-2H3,(H,22,23). The van der Waals surface area contributed by atoms with Crippen molar-refractivity contribution in [2.75, 3.05) is 32.9 Å². The number of ether oxygens (including phenoxy) is 2. The van der Waals surface area contributed by atoms with Gasteiger partial charge in [-0.25, -0.2) is 0 Å². The molecule has 1 aromatic rings. The molecule has 2 fully saturated rings. The fourth-order valence-corrected chi connectivity index (χ4v) is 3.80. The fourth-order valence-electron chi connectivity index (χ4n) is 3.80. The minimum absolute atomic E-state index is 0.197. The van der Waals surface area contributed by atoms with E-state index in [9.17, 15) is 4.79 Å². The average Bonchev–Trinajstić information content (AvgIpc) is 3.31. The van der Waals surface area contributed by atoms with Crippen LogP contribution in [-0.2, 0) is 16.1 Å². The number of amides is 1. The number of nitrogens with one attached hydrogen (secondary N) is 2. The van der Waals surface area contributed by atoms with Crippen molar-refractivity contribution >= 4 is 5.91 Å². The Hall–Kier alpha value is -1.59. The summed E-state index contributed by atoms with van der Waals surface area (Å²) < 4.78 is 11.2. The topological polar surface area (TPSA) is 59.6 Å². The highest BCUT2D eigenvalue weighted by molar-refractivity contribution is 5.82. The van der Waals surface area contributed by atoms with Gasteiger partial charge in [0.05, 0.1) is 6.61 Å². The fraction of sp³-hybridized carbons (Fsp3) is 0.650. The van der Waals surface area contributed by atoms with E-state index >= 15 is 0 Å². The van der Waals surface area contributed by atoms with Gasteiger partial charge in [-0.15, -0.1) is 0 Å². The number of hydrogen-bond donors (Lipinski definition) is 2. The Balaban J connectivity index is 1.53. The molecule has 2 aliphatic rings. The molecule has 1 aliphatic heterocycles. The average molecular weight is 346 g/mol. The van der Waals surface area contributed by atoms with Crippen LogP contribution in [0.1, 0.15) is 37.3 Å². The van der Waals surface area contributed by atoms with Crippen molar-refractivity contribution in [2.24, 2.45) is 11.3 Å². The Bertz CT molecular complexity index is 597. The first kappa shape index (κ1) is 18.2. The molecule has 5 heteroatoms. The van der Waals surface area contributed by atoms with Gasteiger partial charge in [0, 0.05) is 24.6 Å². The van der Waals surface area contributed by atoms with Gasteiger partial charge in [0.1, 0.15) is 12.4 Å². The second-order valence-corrected chi connectivity index (χ2v) is 7.24. The predicted molar refractivity (Wildman–Crippen MR) is 97.7 cm³/mol. The van der Waals surface area contributed by atoms with Crippen molar-refractivity contribution in [3.8, 4) is 5.75 Å². The van der Waals surface area contributed by atoms with Crippen LogP contribution in [0.2, 0.25) is 0 Å².